The Kier molecular flexibility index (Phi) is 5.60. The molecule has 0 bridgehead atoms. The van der Waals surface area contributed by atoms with Crippen LogP contribution in [0.4, 0.5) is 5.69 Å². The number of benzene rings is 2. The minimum Gasteiger partial charge on any atom is -0.378 e. The van der Waals surface area contributed by atoms with E-state index < -0.39 is 0 Å². The van der Waals surface area contributed by atoms with Gasteiger partial charge in [-0.05, 0) is 35.9 Å². The zero-order chi connectivity index (χ0) is 19.3. The van der Waals surface area contributed by atoms with Gasteiger partial charge in [0, 0.05) is 41.1 Å². The Bertz CT molecular complexity index is 922. The summed E-state index contributed by atoms with van der Waals surface area (Å²) in [6.07, 6.45) is 3.62. The van der Waals surface area contributed by atoms with Gasteiger partial charge < -0.3 is 15.0 Å². The van der Waals surface area contributed by atoms with E-state index in [0.29, 0.717) is 36.9 Å². The molecule has 28 heavy (non-hydrogen) atoms. The highest BCUT2D eigenvalue weighted by molar-refractivity contribution is 6.31. The second-order valence-electron chi connectivity index (χ2n) is 6.61. The zero-order valence-corrected chi connectivity index (χ0v) is 16.0. The third-order valence-corrected chi connectivity index (χ3v) is 5.15. The number of amides is 1. The van der Waals surface area contributed by atoms with Crippen LogP contribution in [0.1, 0.15) is 27.5 Å². The predicted octanol–water partition coefficient (Wildman–Crippen LogP) is 3.74. The average Bonchev–Trinajstić information content (AvgIpc) is 3.28. The molecule has 6 nitrogen and oxygen atoms in total. The molecule has 1 aliphatic rings. The number of halogens is 1. The lowest BCUT2D eigenvalue weighted by Gasteiger charge is -2.27. The highest BCUT2D eigenvalue weighted by Gasteiger charge is 2.20. The Hall–Kier alpha value is -2.83. The standard InChI is InChI=1S/C21H21ClN4O2/c22-19-4-2-1-3-18(19)20(16-13-23-24-14-16)25-17-7-5-15(6-8-17)21(27)26-9-11-28-12-10-26/h1-8,13-14,20,25H,9-12H2,(H,23,24). The van der Waals surface area contributed by atoms with Gasteiger partial charge in [0.2, 0.25) is 0 Å². The summed E-state index contributed by atoms with van der Waals surface area (Å²) in [6.45, 7) is 2.45. The first-order valence-electron chi connectivity index (χ1n) is 9.19. The summed E-state index contributed by atoms with van der Waals surface area (Å²) in [5.74, 6) is 0.0346. The number of nitrogens with one attached hydrogen (secondary N) is 2. The topological polar surface area (TPSA) is 70.2 Å². The first-order chi connectivity index (χ1) is 13.7. The van der Waals surface area contributed by atoms with Crippen molar-refractivity contribution in [2.24, 2.45) is 0 Å². The molecule has 1 unspecified atom stereocenters. The van der Waals surface area contributed by atoms with E-state index in [0.717, 1.165) is 16.8 Å². The number of ether oxygens (including phenoxy) is 1. The van der Waals surface area contributed by atoms with E-state index in [1.54, 1.807) is 6.20 Å². The molecule has 2 heterocycles. The Morgan fingerprint density at radius 2 is 1.89 bits per heavy atom. The lowest BCUT2D eigenvalue weighted by atomic mass is 10.0. The van der Waals surface area contributed by atoms with E-state index in [-0.39, 0.29) is 11.9 Å². The fourth-order valence-corrected chi connectivity index (χ4v) is 3.54. The molecule has 7 heteroatoms. The van der Waals surface area contributed by atoms with Crippen LogP contribution in [-0.4, -0.2) is 47.3 Å². The fourth-order valence-electron chi connectivity index (χ4n) is 3.29. The van der Waals surface area contributed by atoms with Crippen LogP contribution < -0.4 is 5.32 Å². The number of aromatic amines is 1. The number of aromatic nitrogens is 2. The summed E-state index contributed by atoms with van der Waals surface area (Å²) < 4.78 is 5.31. The van der Waals surface area contributed by atoms with Crippen molar-refractivity contribution in [2.75, 3.05) is 31.6 Å². The van der Waals surface area contributed by atoms with Crippen molar-refractivity contribution < 1.29 is 9.53 Å². The van der Waals surface area contributed by atoms with Gasteiger partial charge in [0.15, 0.2) is 0 Å². The molecule has 1 atom stereocenters. The largest absolute Gasteiger partial charge is 0.378 e. The number of H-pyrrole nitrogens is 1. The maximum atomic E-state index is 12.6. The molecule has 1 amide bonds. The number of rotatable bonds is 5. The van der Waals surface area contributed by atoms with Gasteiger partial charge in [-0.2, -0.15) is 5.10 Å². The molecular weight excluding hydrogens is 376 g/mol. The van der Waals surface area contributed by atoms with Crippen LogP contribution in [0.3, 0.4) is 0 Å². The lowest BCUT2D eigenvalue weighted by Crippen LogP contribution is -2.40. The minimum absolute atomic E-state index is 0.0346. The summed E-state index contributed by atoms with van der Waals surface area (Å²) in [5, 5.41) is 11.1. The number of carbonyl (C=O) groups is 1. The van der Waals surface area contributed by atoms with Gasteiger partial charge in [-0.25, -0.2) is 0 Å². The van der Waals surface area contributed by atoms with Gasteiger partial charge in [-0.3, -0.25) is 9.89 Å². The summed E-state index contributed by atoms with van der Waals surface area (Å²) in [6, 6.07) is 15.1. The number of morpholine rings is 1. The number of hydrogen-bond acceptors (Lipinski definition) is 4. The van der Waals surface area contributed by atoms with Crippen LogP contribution in [0, 0.1) is 0 Å². The maximum Gasteiger partial charge on any atom is 0.254 e. The van der Waals surface area contributed by atoms with Crippen LogP contribution in [0.25, 0.3) is 0 Å². The van der Waals surface area contributed by atoms with Crippen LogP contribution >= 0.6 is 11.6 Å². The van der Waals surface area contributed by atoms with Crippen molar-refractivity contribution in [1.29, 1.82) is 0 Å². The first-order valence-corrected chi connectivity index (χ1v) is 9.57. The van der Waals surface area contributed by atoms with Gasteiger partial charge in [-0.15, -0.1) is 0 Å². The van der Waals surface area contributed by atoms with Crippen LogP contribution in [0.2, 0.25) is 5.02 Å². The van der Waals surface area contributed by atoms with Crippen molar-refractivity contribution in [1.82, 2.24) is 15.1 Å². The predicted molar refractivity (Wildman–Crippen MR) is 109 cm³/mol. The highest BCUT2D eigenvalue weighted by Crippen LogP contribution is 2.31. The minimum atomic E-state index is -0.159. The molecule has 1 aromatic heterocycles. The van der Waals surface area contributed by atoms with Crippen molar-refractivity contribution in [3.05, 3.63) is 82.6 Å². The van der Waals surface area contributed by atoms with E-state index in [1.165, 1.54) is 0 Å². The Labute approximate surface area is 168 Å². The number of anilines is 1. The molecule has 144 valence electrons. The molecule has 1 saturated heterocycles. The first kappa shape index (κ1) is 18.5. The molecule has 2 aromatic carbocycles. The number of nitrogens with zero attached hydrogens (tertiary/aromatic N) is 2. The van der Waals surface area contributed by atoms with E-state index in [9.17, 15) is 4.79 Å². The normalized spacial score (nSPS) is 15.2. The molecule has 1 fully saturated rings. The highest BCUT2D eigenvalue weighted by atomic mass is 35.5. The molecule has 3 aromatic rings. The van der Waals surface area contributed by atoms with Crippen molar-refractivity contribution >= 4 is 23.2 Å². The van der Waals surface area contributed by atoms with E-state index in [1.807, 2.05) is 59.6 Å². The maximum absolute atomic E-state index is 12.6. The molecule has 0 saturated carbocycles. The van der Waals surface area contributed by atoms with Gasteiger partial charge >= 0.3 is 0 Å². The number of hydrogen-bond donors (Lipinski definition) is 2. The molecule has 0 spiro atoms. The molecule has 1 aliphatic heterocycles. The number of carbonyl (C=O) groups excluding carboxylic acids is 1. The van der Waals surface area contributed by atoms with Gasteiger partial charge in [0.25, 0.3) is 5.91 Å². The van der Waals surface area contributed by atoms with E-state index >= 15 is 0 Å². The monoisotopic (exact) mass is 396 g/mol. The Morgan fingerprint density at radius 3 is 2.57 bits per heavy atom. The average molecular weight is 397 g/mol. The van der Waals surface area contributed by atoms with Gasteiger partial charge in [0.1, 0.15) is 0 Å². The Morgan fingerprint density at radius 1 is 1.14 bits per heavy atom. The quantitative estimate of drug-likeness (QED) is 0.689. The summed E-state index contributed by atoms with van der Waals surface area (Å²) >= 11 is 6.42. The molecule has 0 aliphatic carbocycles. The molecule has 4 rings (SSSR count). The lowest BCUT2D eigenvalue weighted by molar-refractivity contribution is 0.0303. The van der Waals surface area contributed by atoms with Crippen LogP contribution in [-0.2, 0) is 4.74 Å². The summed E-state index contributed by atoms with van der Waals surface area (Å²) in [7, 11) is 0. The molecule has 2 N–H and O–H groups in total. The molecular formula is C21H21ClN4O2. The molecule has 0 radical (unpaired) electrons. The smallest absolute Gasteiger partial charge is 0.254 e. The second-order valence-corrected chi connectivity index (χ2v) is 7.02. The van der Waals surface area contributed by atoms with Crippen molar-refractivity contribution in [3.63, 3.8) is 0 Å². The van der Waals surface area contributed by atoms with Gasteiger partial charge in [0.05, 0.1) is 25.5 Å². The van der Waals surface area contributed by atoms with Crippen molar-refractivity contribution in [2.45, 2.75) is 6.04 Å². The van der Waals surface area contributed by atoms with Gasteiger partial charge in [-0.1, -0.05) is 29.8 Å². The summed E-state index contributed by atoms with van der Waals surface area (Å²) in [5.41, 5.74) is 3.50. The summed E-state index contributed by atoms with van der Waals surface area (Å²) in [4.78, 5) is 14.4. The van der Waals surface area contributed by atoms with Crippen LogP contribution in [0.15, 0.2) is 60.9 Å². The third-order valence-electron chi connectivity index (χ3n) is 4.81. The van der Waals surface area contributed by atoms with E-state index in [4.69, 9.17) is 16.3 Å². The van der Waals surface area contributed by atoms with Crippen molar-refractivity contribution in [3.8, 4) is 0 Å². The fraction of sp³-hybridized carbons (Fsp3) is 0.238. The van der Waals surface area contributed by atoms with Crippen LogP contribution in [0.5, 0.6) is 0 Å². The second kappa shape index (κ2) is 8.46. The Balaban J connectivity index is 1.54. The zero-order valence-electron chi connectivity index (χ0n) is 15.3. The third kappa shape index (κ3) is 4.03. The SMILES string of the molecule is O=C(c1ccc(NC(c2cn[nH]c2)c2ccccc2Cl)cc1)N1CCOCC1. The van der Waals surface area contributed by atoms with E-state index in [2.05, 4.69) is 15.5 Å².